The van der Waals surface area contributed by atoms with Crippen LogP contribution in [0.1, 0.15) is 20.3 Å². The zero-order valence-corrected chi connectivity index (χ0v) is 9.59. The second kappa shape index (κ2) is 14.7. The molecule has 0 saturated carbocycles. The van der Waals surface area contributed by atoms with Crippen molar-refractivity contribution in [3.63, 3.8) is 0 Å². The van der Waals surface area contributed by atoms with E-state index in [1.54, 1.807) is 13.8 Å². The average Bonchev–Trinajstić information content (AvgIpc) is 1.85. The lowest BCUT2D eigenvalue weighted by Crippen LogP contribution is -2.41. The first-order valence-electron chi connectivity index (χ1n) is 3.16. The highest BCUT2D eigenvalue weighted by molar-refractivity contribution is 7.59. The minimum Gasteiger partial charge on any atom is -0.412 e. The van der Waals surface area contributed by atoms with Gasteiger partial charge in [-0.05, 0) is 6.92 Å². The number of rotatable bonds is 3. The largest absolute Gasteiger partial charge is 0.412 e. The summed E-state index contributed by atoms with van der Waals surface area (Å²) in [7, 11) is 0. The zero-order valence-electron chi connectivity index (χ0n) is 8.59. The molecule has 90 valence electrons. The van der Waals surface area contributed by atoms with Crippen LogP contribution in [0.2, 0.25) is 0 Å². The lowest BCUT2D eigenvalue weighted by atomic mass is 10.2. The van der Waals surface area contributed by atoms with Gasteiger partial charge in [-0.2, -0.15) is 13.5 Å². The van der Waals surface area contributed by atoms with Gasteiger partial charge in [0.15, 0.2) is 5.78 Å². The van der Waals surface area contributed by atoms with Crippen molar-refractivity contribution in [1.29, 1.82) is 0 Å². The summed E-state index contributed by atoms with van der Waals surface area (Å²) in [5, 5.41) is 2.28. The van der Waals surface area contributed by atoms with E-state index < -0.39 is 12.1 Å². The van der Waals surface area contributed by atoms with Crippen LogP contribution < -0.4 is 23.4 Å². The number of ketones is 1. The van der Waals surface area contributed by atoms with E-state index in [9.17, 15) is 9.59 Å². The maximum absolute atomic E-state index is 10.8. The zero-order chi connectivity index (χ0) is 8.15. The molecule has 7 nitrogen and oxygen atoms in total. The fourth-order valence-corrected chi connectivity index (χ4v) is 0.600. The first-order valence-corrected chi connectivity index (χ1v) is 3.16. The van der Waals surface area contributed by atoms with E-state index in [-0.39, 0.29) is 37.1 Å². The van der Waals surface area contributed by atoms with E-state index in [1.807, 2.05) is 0 Å². The Labute approximate surface area is 90.7 Å². The van der Waals surface area contributed by atoms with Crippen LogP contribution in [0.3, 0.4) is 0 Å². The van der Waals surface area contributed by atoms with E-state index in [4.69, 9.17) is 5.73 Å². The van der Waals surface area contributed by atoms with E-state index >= 15 is 0 Å². The summed E-state index contributed by atoms with van der Waals surface area (Å²) in [6.45, 7) is 3.35. The third-order valence-electron chi connectivity index (χ3n) is 1.19. The Balaban J connectivity index is -0.0000000675. The summed E-state index contributed by atoms with van der Waals surface area (Å²) in [5.41, 5.74) is 4.78. The number of carbonyl (C=O) groups is 2. The molecular formula is C6H22N4O3S. The predicted octanol–water partition coefficient (Wildman–Crippen LogP) is -0.366. The van der Waals surface area contributed by atoms with Crippen LogP contribution in [0.5, 0.6) is 0 Å². The minimum absolute atomic E-state index is 0. The van der Waals surface area contributed by atoms with Crippen molar-refractivity contribution in [2.24, 2.45) is 5.73 Å². The van der Waals surface area contributed by atoms with Gasteiger partial charge in [0, 0.05) is 6.42 Å². The molecule has 0 aliphatic heterocycles. The van der Waals surface area contributed by atoms with Crippen LogP contribution in [-0.2, 0) is 4.79 Å². The number of nitrogens with one attached hydrogen (secondary N) is 1. The lowest BCUT2D eigenvalue weighted by Gasteiger charge is -2.07. The smallest absolute Gasteiger partial charge is 0.312 e. The van der Waals surface area contributed by atoms with Crippen molar-refractivity contribution in [1.82, 2.24) is 17.6 Å². The summed E-state index contributed by atoms with van der Waals surface area (Å²) in [6, 6.07) is -1.11. The number of urea groups is 1. The van der Waals surface area contributed by atoms with Crippen LogP contribution in [0.15, 0.2) is 0 Å². The summed E-state index contributed by atoms with van der Waals surface area (Å²) in [4.78, 5) is 21.0. The van der Waals surface area contributed by atoms with Gasteiger partial charge in [0.2, 0.25) is 0 Å². The highest BCUT2D eigenvalue weighted by atomic mass is 32.1. The average molecular weight is 230 g/mol. The SMILES string of the molecule is CCC(=O)[C@H](C)NC(N)=O.N.N.O.S. The number of amides is 2. The summed E-state index contributed by atoms with van der Waals surface area (Å²) in [5.74, 6) is -0.0150. The summed E-state index contributed by atoms with van der Waals surface area (Å²) < 4.78 is 0. The highest BCUT2D eigenvalue weighted by Crippen LogP contribution is 1.88. The molecule has 0 bridgehead atoms. The van der Waals surface area contributed by atoms with Gasteiger partial charge in [0.25, 0.3) is 0 Å². The quantitative estimate of drug-likeness (QED) is 0.518. The van der Waals surface area contributed by atoms with Gasteiger partial charge in [-0.1, -0.05) is 6.92 Å². The van der Waals surface area contributed by atoms with Crippen LogP contribution in [0, 0.1) is 0 Å². The Bertz CT molecular complexity index is 156. The molecule has 11 N–H and O–H groups in total. The minimum atomic E-state index is -0.658. The number of primary amides is 1. The Morgan fingerprint density at radius 1 is 1.36 bits per heavy atom. The van der Waals surface area contributed by atoms with Crippen LogP contribution in [-0.4, -0.2) is 23.3 Å². The standard InChI is InChI=1S/C6H12N2O2.2H3N.H2O.H2S/c1-3-5(9)4(2)8-6(7)10;;;;/h4H,3H2,1-2H3,(H3,7,8,10);2*1H3;2*1H2/t4-;;;;/m0..../s1. The fourth-order valence-electron chi connectivity index (χ4n) is 0.600. The molecule has 14 heavy (non-hydrogen) atoms. The van der Waals surface area contributed by atoms with Crippen LogP contribution >= 0.6 is 13.5 Å². The number of hydrogen-bond acceptors (Lipinski definition) is 4. The molecular weight excluding hydrogens is 208 g/mol. The normalized spacial score (nSPS) is 8.71. The number of nitrogens with two attached hydrogens (primary N) is 1. The second-order valence-electron chi connectivity index (χ2n) is 2.05. The predicted molar refractivity (Wildman–Crippen MR) is 61.5 cm³/mol. The number of Topliss-reactive ketones (excluding diaryl/α,β-unsaturated/α-hetero) is 1. The van der Waals surface area contributed by atoms with Crippen molar-refractivity contribution in [2.75, 3.05) is 0 Å². The fraction of sp³-hybridized carbons (Fsp3) is 0.667. The van der Waals surface area contributed by atoms with Gasteiger partial charge in [-0.3, -0.25) is 4.79 Å². The van der Waals surface area contributed by atoms with Crippen LogP contribution in [0.25, 0.3) is 0 Å². The molecule has 1 atom stereocenters. The molecule has 0 saturated heterocycles. The Morgan fingerprint density at radius 3 is 1.93 bits per heavy atom. The van der Waals surface area contributed by atoms with E-state index in [0.29, 0.717) is 6.42 Å². The molecule has 8 heteroatoms. The summed E-state index contributed by atoms with van der Waals surface area (Å²) >= 11 is 0. The van der Waals surface area contributed by atoms with Crippen molar-refractivity contribution >= 4 is 25.3 Å². The van der Waals surface area contributed by atoms with Gasteiger partial charge < -0.3 is 28.8 Å². The molecule has 2 amide bonds. The lowest BCUT2D eigenvalue weighted by molar-refractivity contribution is -0.120. The maximum atomic E-state index is 10.8. The first kappa shape index (κ1) is 29.2. The molecule has 0 heterocycles. The number of carbonyl (C=O) groups excluding carboxylic acids is 2. The summed E-state index contributed by atoms with van der Waals surface area (Å²) in [6.07, 6.45) is 0.418. The maximum Gasteiger partial charge on any atom is 0.312 e. The third-order valence-corrected chi connectivity index (χ3v) is 1.19. The monoisotopic (exact) mass is 230 g/mol. The Hall–Kier alpha value is -0.830. The molecule has 0 aliphatic rings. The first-order chi connectivity index (χ1) is 4.57. The Kier molecular flexibility index (Phi) is 30.6. The van der Waals surface area contributed by atoms with Crippen molar-refractivity contribution in [3.05, 3.63) is 0 Å². The van der Waals surface area contributed by atoms with Gasteiger partial charge in [-0.25, -0.2) is 4.79 Å². The van der Waals surface area contributed by atoms with Gasteiger partial charge >= 0.3 is 6.03 Å². The van der Waals surface area contributed by atoms with Gasteiger partial charge in [0.05, 0.1) is 6.04 Å². The molecule has 0 aromatic carbocycles. The van der Waals surface area contributed by atoms with Gasteiger partial charge in [-0.15, -0.1) is 0 Å². The Morgan fingerprint density at radius 2 is 1.71 bits per heavy atom. The third kappa shape index (κ3) is 13.7. The molecule has 0 spiro atoms. The van der Waals surface area contributed by atoms with Crippen LogP contribution in [0.4, 0.5) is 4.79 Å². The van der Waals surface area contributed by atoms with Crippen molar-refractivity contribution in [3.8, 4) is 0 Å². The van der Waals surface area contributed by atoms with E-state index in [1.165, 1.54) is 0 Å². The molecule has 0 rings (SSSR count). The van der Waals surface area contributed by atoms with Gasteiger partial charge in [0.1, 0.15) is 0 Å². The topological polar surface area (TPSA) is 174 Å². The highest BCUT2D eigenvalue weighted by Gasteiger charge is 2.10. The number of hydrogen-bond donors (Lipinski definition) is 4. The molecule has 0 unspecified atom stereocenters. The molecule has 0 aromatic heterocycles. The second-order valence-corrected chi connectivity index (χ2v) is 2.05. The van der Waals surface area contributed by atoms with E-state index in [2.05, 4.69) is 5.32 Å². The van der Waals surface area contributed by atoms with Crippen molar-refractivity contribution in [2.45, 2.75) is 26.3 Å². The molecule has 0 aromatic rings. The molecule has 0 fully saturated rings. The molecule has 0 aliphatic carbocycles. The van der Waals surface area contributed by atoms with Crippen molar-refractivity contribution < 1.29 is 15.1 Å². The van der Waals surface area contributed by atoms with E-state index in [0.717, 1.165) is 0 Å². The molecule has 0 radical (unpaired) electrons.